The molecule has 5 nitrogen and oxygen atoms in total. The van der Waals surface area contributed by atoms with Gasteiger partial charge in [-0.15, -0.1) is 0 Å². The number of benzene rings is 1. The van der Waals surface area contributed by atoms with Gasteiger partial charge in [0.05, 0.1) is 6.04 Å². The second-order valence-electron chi connectivity index (χ2n) is 7.71. The molecule has 0 radical (unpaired) electrons. The number of anilines is 1. The number of rotatable bonds is 4. The number of amides is 1. The van der Waals surface area contributed by atoms with Crippen LogP contribution >= 0.6 is 0 Å². The van der Waals surface area contributed by atoms with Crippen molar-refractivity contribution >= 4 is 11.9 Å². The predicted molar refractivity (Wildman–Crippen MR) is 110 cm³/mol. The molecule has 0 unspecified atom stereocenters. The zero-order valence-corrected chi connectivity index (χ0v) is 16.4. The van der Waals surface area contributed by atoms with E-state index >= 15 is 0 Å². The van der Waals surface area contributed by atoms with E-state index in [4.69, 9.17) is 9.72 Å². The highest BCUT2D eigenvalue weighted by Crippen LogP contribution is 2.36. The van der Waals surface area contributed by atoms with E-state index in [2.05, 4.69) is 11.0 Å². The summed E-state index contributed by atoms with van der Waals surface area (Å²) < 4.78 is 5.66. The fraction of sp³-hybridized carbons (Fsp3) is 0.478. The molecule has 1 amide bonds. The predicted octanol–water partition coefficient (Wildman–Crippen LogP) is 4.94. The van der Waals surface area contributed by atoms with Crippen molar-refractivity contribution in [2.75, 3.05) is 24.5 Å². The maximum atomic E-state index is 12.9. The van der Waals surface area contributed by atoms with E-state index in [0.29, 0.717) is 6.61 Å². The normalized spacial score (nSPS) is 20.1. The number of hydrogen-bond donors (Lipinski definition) is 0. The van der Waals surface area contributed by atoms with Crippen LogP contribution < -0.4 is 4.90 Å². The number of ether oxygens (including phenoxy) is 1. The second-order valence-corrected chi connectivity index (χ2v) is 7.71. The van der Waals surface area contributed by atoms with Gasteiger partial charge in [0.2, 0.25) is 0 Å². The Morgan fingerprint density at radius 3 is 2.57 bits per heavy atom. The first-order valence-corrected chi connectivity index (χ1v) is 10.5. The van der Waals surface area contributed by atoms with E-state index in [9.17, 15) is 4.79 Å². The van der Waals surface area contributed by atoms with Crippen molar-refractivity contribution in [1.29, 1.82) is 0 Å². The van der Waals surface area contributed by atoms with Gasteiger partial charge in [0.1, 0.15) is 12.4 Å². The lowest BCUT2D eigenvalue weighted by Crippen LogP contribution is -2.40. The molecule has 2 fully saturated rings. The molecule has 0 bridgehead atoms. The smallest absolute Gasteiger partial charge is 0.410 e. The molecule has 28 heavy (non-hydrogen) atoms. The summed E-state index contributed by atoms with van der Waals surface area (Å²) in [6.07, 6.45) is 8.48. The fourth-order valence-corrected chi connectivity index (χ4v) is 4.32. The summed E-state index contributed by atoms with van der Waals surface area (Å²) in [4.78, 5) is 21.9. The van der Waals surface area contributed by atoms with Crippen LogP contribution in [0.5, 0.6) is 0 Å². The fourth-order valence-electron chi connectivity index (χ4n) is 4.32. The van der Waals surface area contributed by atoms with E-state index in [0.717, 1.165) is 50.3 Å². The Morgan fingerprint density at radius 2 is 1.75 bits per heavy atom. The summed E-state index contributed by atoms with van der Waals surface area (Å²) in [5.41, 5.74) is 2.18. The molecule has 2 aliphatic heterocycles. The van der Waals surface area contributed by atoms with Gasteiger partial charge >= 0.3 is 6.09 Å². The van der Waals surface area contributed by atoms with E-state index in [1.54, 1.807) is 0 Å². The van der Waals surface area contributed by atoms with Crippen LogP contribution in [0.4, 0.5) is 10.6 Å². The van der Waals surface area contributed by atoms with Gasteiger partial charge in [-0.3, -0.25) is 0 Å². The zero-order valence-electron chi connectivity index (χ0n) is 16.4. The van der Waals surface area contributed by atoms with E-state index < -0.39 is 0 Å². The summed E-state index contributed by atoms with van der Waals surface area (Å²) in [6, 6.07) is 14.0. The van der Waals surface area contributed by atoms with Crippen molar-refractivity contribution in [3.05, 3.63) is 59.8 Å². The molecule has 1 atom stereocenters. The summed E-state index contributed by atoms with van der Waals surface area (Å²) in [7, 11) is 0. The van der Waals surface area contributed by atoms with Crippen molar-refractivity contribution in [2.24, 2.45) is 0 Å². The minimum atomic E-state index is -0.220. The quantitative estimate of drug-likeness (QED) is 0.755. The molecule has 1 aromatic heterocycles. The largest absolute Gasteiger partial charge is 0.445 e. The molecule has 5 heteroatoms. The Balaban J connectivity index is 1.51. The van der Waals surface area contributed by atoms with Crippen LogP contribution in [-0.4, -0.2) is 35.6 Å². The average Bonchev–Trinajstić information content (AvgIpc) is 2.79. The van der Waals surface area contributed by atoms with Gasteiger partial charge in [-0.05, 0) is 50.2 Å². The third-order valence-corrected chi connectivity index (χ3v) is 5.77. The molecule has 2 saturated heterocycles. The standard InChI is InChI=1S/C23H29N3O2/c27-23(28-18-19-10-3-1-4-11-19)26-17-8-5-13-21(26)20-12-9-14-24-22(20)25-15-6-2-7-16-25/h1,3-4,9-12,14,21H,2,5-8,13,15-18H2/t21-/m1/s1. The maximum absolute atomic E-state index is 12.9. The number of likely N-dealkylation sites (tertiary alicyclic amines) is 1. The first-order chi connectivity index (χ1) is 13.8. The molecule has 0 N–H and O–H groups in total. The lowest BCUT2D eigenvalue weighted by molar-refractivity contribution is 0.0679. The van der Waals surface area contributed by atoms with Crippen LogP contribution in [-0.2, 0) is 11.3 Å². The van der Waals surface area contributed by atoms with Crippen LogP contribution in [0.3, 0.4) is 0 Å². The van der Waals surface area contributed by atoms with Crippen LogP contribution in [0, 0.1) is 0 Å². The number of hydrogen-bond acceptors (Lipinski definition) is 4. The van der Waals surface area contributed by atoms with E-state index in [-0.39, 0.29) is 12.1 Å². The van der Waals surface area contributed by atoms with E-state index in [1.807, 2.05) is 47.5 Å². The van der Waals surface area contributed by atoms with Crippen molar-refractivity contribution in [2.45, 2.75) is 51.2 Å². The minimum absolute atomic E-state index is 0.0441. The van der Waals surface area contributed by atoms with Crippen LogP contribution in [0.25, 0.3) is 0 Å². The first-order valence-electron chi connectivity index (χ1n) is 10.5. The van der Waals surface area contributed by atoms with Gasteiger partial charge in [0, 0.05) is 31.4 Å². The molecule has 2 aromatic rings. The Bertz CT molecular complexity index is 774. The molecule has 4 rings (SSSR count). The third kappa shape index (κ3) is 4.29. The molecule has 3 heterocycles. The molecular weight excluding hydrogens is 350 g/mol. The third-order valence-electron chi connectivity index (χ3n) is 5.77. The Hall–Kier alpha value is -2.56. The summed E-state index contributed by atoms with van der Waals surface area (Å²) in [5.74, 6) is 1.05. The number of carbonyl (C=O) groups excluding carboxylic acids is 1. The van der Waals surface area contributed by atoms with Gasteiger partial charge in [0.25, 0.3) is 0 Å². The van der Waals surface area contributed by atoms with Gasteiger partial charge in [0.15, 0.2) is 0 Å². The van der Waals surface area contributed by atoms with Crippen molar-refractivity contribution in [1.82, 2.24) is 9.88 Å². The topological polar surface area (TPSA) is 45.7 Å². The molecule has 1 aromatic carbocycles. The van der Waals surface area contributed by atoms with Crippen LogP contribution in [0.2, 0.25) is 0 Å². The Kier molecular flexibility index (Phi) is 6.10. The Labute approximate surface area is 167 Å². The summed E-state index contributed by atoms with van der Waals surface area (Å²) >= 11 is 0. The number of piperidine rings is 2. The van der Waals surface area contributed by atoms with Crippen molar-refractivity contribution in [3.63, 3.8) is 0 Å². The molecule has 148 valence electrons. The maximum Gasteiger partial charge on any atom is 0.410 e. The van der Waals surface area contributed by atoms with Crippen molar-refractivity contribution in [3.8, 4) is 0 Å². The molecule has 0 saturated carbocycles. The Morgan fingerprint density at radius 1 is 0.964 bits per heavy atom. The molecule has 0 aliphatic carbocycles. The first kappa shape index (κ1) is 18.8. The highest BCUT2D eigenvalue weighted by atomic mass is 16.6. The SMILES string of the molecule is O=C(OCc1ccccc1)N1CCCC[C@@H]1c1cccnc1N1CCCCC1. The summed E-state index contributed by atoms with van der Waals surface area (Å²) in [5, 5.41) is 0. The van der Waals surface area contributed by atoms with Crippen LogP contribution in [0.1, 0.15) is 55.7 Å². The molecule has 2 aliphatic rings. The van der Waals surface area contributed by atoms with E-state index in [1.165, 1.54) is 24.8 Å². The monoisotopic (exact) mass is 379 g/mol. The van der Waals surface area contributed by atoms with Gasteiger partial charge in [-0.2, -0.15) is 0 Å². The van der Waals surface area contributed by atoms with Gasteiger partial charge < -0.3 is 14.5 Å². The highest BCUT2D eigenvalue weighted by molar-refractivity contribution is 5.69. The average molecular weight is 380 g/mol. The number of nitrogens with zero attached hydrogens (tertiary/aromatic N) is 3. The van der Waals surface area contributed by atoms with Gasteiger partial charge in [-0.25, -0.2) is 9.78 Å². The number of carbonyl (C=O) groups is 1. The highest BCUT2D eigenvalue weighted by Gasteiger charge is 2.32. The lowest BCUT2D eigenvalue weighted by atomic mass is 9.95. The second kappa shape index (κ2) is 9.09. The zero-order chi connectivity index (χ0) is 19.2. The summed E-state index contributed by atoms with van der Waals surface area (Å²) in [6.45, 7) is 3.16. The van der Waals surface area contributed by atoms with Crippen LogP contribution in [0.15, 0.2) is 48.7 Å². The van der Waals surface area contributed by atoms with Crippen molar-refractivity contribution < 1.29 is 9.53 Å². The number of aromatic nitrogens is 1. The van der Waals surface area contributed by atoms with Gasteiger partial charge in [-0.1, -0.05) is 36.4 Å². The number of pyridine rings is 1. The molecular formula is C23H29N3O2. The lowest BCUT2D eigenvalue weighted by Gasteiger charge is -2.38. The molecule has 0 spiro atoms. The minimum Gasteiger partial charge on any atom is -0.445 e.